The zero-order valence-corrected chi connectivity index (χ0v) is 50.9. The molecule has 0 spiro atoms. The minimum Gasteiger partial charge on any atom is -0.455 e. The first-order chi connectivity index (χ1) is 38.7. The molecular formula is C78H76N2O2. The maximum Gasteiger partial charge on any atom is 0.160 e. The number of anilines is 6. The van der Waals surface area contributed by atoms with Crippen LogP contribution in [0.2, 0.25) is 0 Å². The van der Waals surface area contributed by atoms with Crippen molar-refractivity contribution in [2.45, 2.75) is 143 Å². The molecule has 0 fully saturated rings. The topological polar surface area (TPSA) is 32.8 Å². The van der Waals surface area contributed by atoms with Crippen LogP contribution in [0.4, 0.5) is 34.1 Å². The minimum absolute atomic E-state index is 0.00843. The summed E-state index contributed by atoms with van der Waals surface area (Å²) in [4.78, 5) is 4.98. The van der Waals surface area contributed by atoms with Crippen LogP contribution in [0.15, 0.2) is 179 Å². The lowest BCUT2D eigenvalue weighted by Crippen LogP contribution is -2.42. The van der Waals surface area contributed by atoms with Crippen LogP contribution < -0.4 is 9.80 Å². The van der Waals surface area contributed by atoms with E-state index >= 15 is 0 Å². The van der Waals surface area contributed by atoms with Crippen LogP contribution in [0.25, 0.3) is 66.1 Å². The third kappa shape index (κ3) is 6.13. The molecular weight excluding hydrogens is 997 g/mol. The van der Waals surface area contributed by atoms with Crippen LogP contribution in [-0.2, 0) is 32.5 Å². The van der Waals surface area contributed by atoms with E-state index in [1.54, 1.807) is 0 Å². The molecule has 0 unspecified atom stereocenters. The van der Waals surface area contributed by atoms with E-state index in [4.69, 9.17) is 8.83 Å². The Labute approximate surface area is 484 Å². The van der Waals surface area contributed by atoms with Gasteiger partial charge in [-0.2, -0.15) is 0 Å². The molecule has 0 saturated carbocycles. The monoisotopic (exact) mass is 1070 g/mol. The number of nitrogens with zero attached hydrogens (tertiary/aromatic N) is 2. The lowest BCUT2D eigenvalue weighted by molar-refractivity contribution is 0.125. The first-order valence-corrected chi connectivity index (χ1v) is 29.9. The van der Waals surface area contributed by atoms with E-state index in [9.17, 15) is 0 Å². The number of furan rings is 2. The Morgan fingerprint density at radius 1 is 0.293 bits per heavy atom. The van der Waals surface area contributed by atoms with Crippen LogP contribution in [0.3, 0.4) is 0 Å². The molecule has 0 aliphatic heterocycles. The summed E-state index contributed by atoms with van der Waals surface area (Å²) in [7, 11) is 0. The molecule has 0 radical (unpaired) electrons. The molecule has 2 heterocycles. The van der Waals surface area contributed by atoms with Gasteiger partial charge in [0, 0.05) is 55.3 Å². The van der Waals surface area contributed by atoms with E-state index < -0.39 is 10.8 Å². The predicted octanol–water partition coefficient (Wildman–Crippen LogP) is 22.2. The fourth-order valence-corrected chi connectivity index (χ4v) is 16.4. The zero-order chi connectivity index (χ0) is 57.4. The van der Waals surface area contributed by atoms with Gasteiger partial charge in [-0.1, -0.05) is 196 Å². The van der Waals surface area contributed by atoms with Crippen LogP contribution in [-0.4, -0.2) is 0 Å². The molecule has 11 aromatic rings. The van der Waals surface area contributed by atoms with E-state index in [1.165, 1.54) is 66.8 Å². The second-order valence-electron chi connectivity index (χ2n) is 29.0. The van der Waals surface area contributed by atoms with Gasteiger partial charge in [-0.05, 0) is 179 Å². The fourth-order valence-electron chi connectivity index (χ4n) is 16.4. The molecule has 15 rings (SSSR count). The van der Waals surface area contributed by atoms with Crippen molar-refractivity contribution >= 4 is 78.0 Å². The summed E-state index contributed by atoms with van der Waals surface area (Å²) in [5.41, 5.74) is 25.2. The summed E-state index contributed by atoms with van der Waals surface area (Å²) >= 11 is 0. The Morgan fingerprint density at radius 3 is 1.18 bits per heavy atom. The Balaban J connectivity index is 0.965. The molecule has 4 nitrogen and oxygen atoms in total. The lowest BCUT2D eigenvalue weighted by atomic mass is 9.59. The number of para-hydroxylation sites is 4. The van der Waals surface area contributed by atoms with Crippen molar-refractivity contribution in [3.63, 3.8) is 0 Å². The molecule has 9 aromatic carbocycles. The predicted molar refractivity (Wildman–Crippen MR) is 345 cm³/mol. The molecule has 410 valence electrons. The number of fused-ring (bicyclic) bond motifs is 16. The van der Waals surface area contributed by atoms with Gasteiger partial charge in [0.15, 0.2) is 5.58 Å². The fraction of sp³-hybridized carbons (Fsp3) is 0.308. The average molecular weight is 1070 g/mol. The maximum atomic E-state index is 7.34. The molecule has 0 bridgehead atoms. The van der Waals surface area contributed by atoms with Crippen molar-refractivity contribution < 1.29 is 8.83 Å². The van der Waals surface area contributed by atoms with Crippen molar-refractivity contribution in [3.05, 3.63) is 214 Å². The number of hydrogen-bond acceptors (Lipinski definition) is 4. The van der Waals surface area contributed by atoms with Gasteiger partial charge >= 0.3 is 0 Å². The van der Waals surface area contributed by atoms with Crippen molar-refractivity contribution in [2.24, 2.45) is 10.8 Å². The van der Waals surface area contributed by atoms with E-state index in [0.29, 0.717) is 0 Å². The Hall–Kier alpha value is -7.82. The third-order valence-corrected chi connectivity index (χ3v) is 23.6. The SMILES string of the molecule is CC1(C)c2cc3c(cc2-c2c1cc(N(c1ccccc1)c1ccc4c(c1)C(C)(C)C(C)(C)C4(C)C)c1c2oc2ccccc21)C(C)(C)c1cc(N(c2ccccc2)c2ccc4c(c2)C(C)(C)C(C)(C)C4(C)C)c2oc4ccccc4c2c1-3. The summed E-state index contributed by atoms with van der Waals surface area (Å²) < 4.78 is 14.6. The normalized spacial score (nSPS) is 19.0. The van der Waals surface area contributed by atoms with Gasteiger partial charge in [0.2, 0.25) is 0 Å². The first-order valence-electron chi connectivity index (χ1n) is 29.9. The van der Waals surface area contributed by atoms with Gasteiger partial charge in [-0.25, -0.2) is 0 Å². The quantitative estimate of drug-likeness (QED) is 0.166. The highest BCUT2D eigenvalue weighted by Crippen LogP contribution is 2.66. The highest BCUT2D eigenvalue weighted by molar-refractivity contribution is 6.21. The summed E-state index contributed by atoms with van der Waals surface area (Å²) in [5.74, 6) is 0. The molecule has 2 aromatic heterocycles. The number of hydrogen-bond donors (Lipinski definition) is 0. The second-order valence-corrected chi connectivity index (χ2v) is 29.0. The van der Waals surface area contributed by atoms with Gasteiger partial charge in [0.1, 0.15) is 16.7 Å². The molecule has 0 amide bonds. The summed E-state index contributed by atoms with van der Waals surface area (Å²) in [5, 5.41) is 4.54. The smallest absolute Gasteiger partial charge is 0.160 e. The summed E-state index contributed by atoms with van der Waals surface area (Å²) in [6.45, 7) is 39.0. The standard InChI is InChI=1S/C78H76N2O2/c1-71(2)55-42-52-56(41-51(55)65-59(71)44-62(69-68(65)50-32-24-26-34-64(50)81-69)80(46-29-21-18-22-30-46)48-36-38-54-58(40-48)76(11,12)78(15,16)74(54,7)8)72(3,4)60-43-61(67-49-31-23-25-33-63(49)82-70(67)66(52)60)79(45-27-19-17-20-28-45)47-35-37-53-57(39-47)75(9,10)77(13,14)73(53,5)6/h17-44H,1-16H3. The molecule has 0 N–H and O–H groups in total. The molecule has 4 heteroatoms. The maximum absolute atomic E-state index is 7.34. The lowest BCUT2D eigenvalue weighted by Gasteiger charge is -2.44. The largest absolute Gasteiger partial charge is 0.455 e. The van der Waals surface area contributed by atoms with Crippen molar-refractivity contribution in [3.8, 4) is 22.3 Å². The van der Waals surface area contributed by atoms with Gasteiger partial charge in [-0.3, -0.25) is 0 Å². The van der Waals surface area contributed by atoms with Gasteiger partial charge in [-0.15, -0.1) is 0 Å². The van der Waals surface area contributed by atoms with Crippen molar-refractivity contribution in [1.29, 1.82) is 0 Å². The second kappa shape index (κ2) is 16.0. The Kier molecular flexibility index (Phi) is 9.99. The zero-order valence-electron chi connectivity index (χ0n) is 50.9. The average Bonchev–Trinajstić information content (AvgIpc) is 1.78. The van der Waals surface area contributed by atoms with Crippen molar-refractivity contribution in [1.82, 2.24) is 0 Å². The third-order valence-electron chi connectivity index (χ3n) is 23.6. The van der Waals surface area contributed by atoms with E-state index in [2.05, 4.69) is 290 Å². The van der Waals surface area contributed by atoms with Crippen LogP contribution in [0.1, 0.15) is 155 Å². The Morgan fingerprint density at radius 2 is 0.683 bits per heavy atom. The first kappa shape index (κ1) is 51.1. The van der Waals surface area contributed by atoms with Gasteiger partial charge in [0.05, 0.1) is 16.8 Å². The number of rotatable bonds is 6. The van der Waals surface area contributed by atoms with E-state index in [-0.39, 0.29) is 32.5 Å². The van der Waals surface area contributed by atoms with E-state index in [1.807, 2.05) is 0 Å². The number of benzene rings is 9. The van der Waals surface area contributed by atoms with E-state index in [0.717, 1.165) is 78.0 Å². The molecule has 0 atom stereocenters. The molecule has 0 saturated heterocycles. The van der Waals surface area contributed by atoms with Crippen LogP contribution in [0, 0.1) is 10.8 Å². The molecule has 4 aliphatic rings. The van der Waals surface area contributed by atoms with Gasteiger partial charge < -0.3 is 18.6 Å². The minimum atomic E-state index is -0.406. The summed E-state index contributed by atoms with van der Waals surface area (Å²) in [6.07, 6.45) is 0. The molecule has 82 heavy (non-hydrogen) atoms. The van der Waals surface area contributed by atoms with Gasteiger partial charge in [0.25, 0.3) is 0 Å². The highest BCUT2D eigenvalue weighted by Gasteiger charge is 2.58. The van der Waals surface area contributed by atoms with Crippen LogP contribution >= 0.6 is 0 Å². The molecule has 4 aliphatic carbocycles. The summed E-state index contributed by atoms with van der Waals surface area (Å²) in [6, 6.07) is 63.9. The highest BCUT2D eigenvalue weighted by atomic mass is 16.3. The Bertz CT molecular complexity index is 4570. The van der Waals surface area contributed by atoms with Crippen LogP contribution in [0.5, 0.6) is 0 Å². The van der Waals surface area contributed by atoms with Crippen molar-refractivity contribution in [2.75, 3.05) is 9.80 Å².